The van der Waals surface area contributed by atoms with Gasteiger partial charge in [0.2, 0.25) is 16.1 Å². The van der Waals surface area contributed by atoms with Gasteiger partial charge < -0.3 is 10.5 Å². The predicted octanol–water partition coefficient (Wildman–Crippen LogP) is 1.78. The second-order valence-electron chi connectivity index (χ2n) is 5.29. The summed E-state index contributed by atoms with van der Waals surface area (Å²) in [5.41, 5.74) is 5.70. The van der Waals surface area contributed by atoms with Gasteiger partial charge >= 0.3 is 5.97 Å². The zero-order valence-electron chi connectivity index (χ0n) is 13.6. The van der Waals surface area contributed by atoms with Crippen molar-refractivity contribution in [3.8, 4) is 0 Å². The molecule has 0 radical (unpaired) electrons. The molecule has 138 valence electrons. The molecule has 2 aromatic rings. The summed E-state index contributed by atoms with van der Waals surface area (Å²) in [6.07, 6.45) is -1.50. The minimum absolute atomic E-state index is 0.0161. The average molecular weight is 397 g/mol. The minimum Gasteiger partial charge on any atom is -0.447 e. The average Bonchev–Trinajstić information content (AvgIpc) is 2.60. The first-order valence-electron chi connectivity index (χ1n) is 7.58. The number of sulfonamides is 1. The number of carbonyl (C=O) groups excluding carboxylic acids is 2. The number of ether oxygens (including phenoxy) is 1. The molecule has 0 bridgehead atoms. The molecule has 0 aromatic heterocycles. The Morgan fingerprint density at radius 3 is 2.42 bits per heavy atom. The summed E-state index contributed by atoms with van der Waals surface area (Å²) < 4.78 is 31.6. The molecule has 0 aliphatic heterocycles. The Labute approximate surface area is 156 Å². The monoisotopic (exact) mass is 396 g/mol. The summed E-state index contributed by atoms with van der Waals surface area (Å²) >= 11 is 5.77. The van der Waals surface area contributed by atoms with Crippen molar-refractivity contribution in [3.63, 3.8) is 0 Å². The third-order valence-corrected chi connectivity index (χ3v) is 5.03. The van der Waals surface area contributed by atoms with Gasteiger partial charge in [0, 0.05) is 17.1 Å². The van der Waals surface area contributed by atoms with Crippen molar-refractivity contribution in [2.24, 2.45) is 5.73 Å². The van der Waals surface area contributed by atoms with E-state index in [2.05, 4.69) is 4.72 Å². The fraction of sp³-hybridized carbons (Fsp3) is 0.176. The first-order valence-corrected chi connectivity index (χ1v) is 9.44. The van der Waals surface area contributed by atoms with E-state index < -0.39 is 28.0 Å². The summed E-state index contributed by atoms with van der Waals surface area (Å²) in [6, 6.07) is 14.0. The molecule has 0 saturated heterocycles. The zero-order valence-corrected chi connectivity index (χ0v) is 15.2. The van der Waals surface area contributed by atoms with E-state index in [0.717, 1.165) is 0 Å². The second kappa shape index (κ2) is 8.79. The normalized spacial score (nSPS) is 12.3. The van der Waals surface area contributed by atoms with Crippen LogP contribution in [0.1, 0.15) is 18.1 Å². The number of nitrogens with one attached hydrogen (secondary N) is 1. The van der Waals surface area contributed by atoms with Crippen LogP contribution in [0.4, 0.5) is 0 Å². The molecule has 7 nitrogen and oxygen atoms in total. The van der Waals surface area contributed by atoms with Gasteiger partial charge in [0.1, 0.15) is 0 Å². The van der Waals surface area contributed by atoms with Crippen LogP contribution < -0.4 is 10.5 Å². The molecule has 2 rings (SSSR count). The molecule has 1 unspecified atom stereocenters. The molecule has 1 amide bonds. The van der Waals surface area contributed by atoms with Crippen LogP contribution in [0.25, 0.3) is 0 Å². The van der Waals surface area contributed by atoms with E-state index in [1.165, 1.54) is 18.2 Å². The molecule has 26 heavy (non-hydrogen) atoms. The number of amides is 1. The number of hydrogen-bond acceptors (Lipinski definition) is 5. The Morgan fingerprint density at radius 1 is 1.12 bits per heavy atom. The molecule has 0 spiro atoms. The van der Waals surface area contributed by atoms with Crippen molar-refractivity contribution < 1.29 is 22.7 Å². The van der Waals surface area contributed by atoms with E-state index in [-0.39, 0.29) is 22.9 Å². The number of hydrogen-bond donors (Lipinski definition) is 2. The maximum absolute atomic E-state index is 12.1. The molecule has 2 aromatic carbocycles. The number of rotatable bonds is 8. The maximum atomic E-state index is 12.1. The highest BCUT2D eigenvalue weighted by Gasteiger charge is 2.22. The summed E-state index contributed by atoms with van der Waals surface area (Å²) in [7, 11) is -3.81. The van der Waals surface area contributed by atoms with Gasteiger partial charge in [0.05, 0.1) is 11.3 Å². The zero-order chi connectivity index (χ0) is 19.2. The van der Waals surface area contributed by atoms with E-state index >= 15 is 0 Å². The molecular formula is C17H17ClN2O5S. The molecule has 9 heteroatoms. The molecule has 0 aliphatic carbocycles. The van der Waals surface area contributed by atoms with Crippen molar-refractivity contribution in [2.75, 3.05) is 6.54 Å². The lowest BCUT2D eigenvalue weighted by Gasteiger charge is -2.15. The molecule has 0 heterocycles. The lowest BCUT2D eigenvalue weighted by atomic mass is 10.1. The second-order valence-corrected chi connectivity index (χ2v) is 7.49. The minimum atomic E-state index is -3.81. The van der Waals surface area contributed by atoms with Crippen LogP contribution in [0.3, 0.4) is 0 Å². The Balaban J connectivity index is 1.93. The number of nitrogens with two attached hydrogens (primary N) is 1. The van der Waals surface area contributed by atoms with Gasteiger partial charge in [-0.15, -0.1) is 0 Å². The highest BCUT2D eigenvalue weighted by Crippen LogP contribution is 2.18. The molecule has 0 saturated carbocycles. The van der Waals surface area contributed by atoms with E-state index in [9.17, 15) is 18.0 Å². The van der Waals surface area contributed by atoms with Crippen molar-refractivity contribution in [2.45, 2.75) is 17.4 Å². The van der Waals surface area contributed by atoms with Crippen molar-refractivity contribution in [1.29, 1.82) is 0 Å². The Morgan fingerprint density at radius 2 is 1.81 bits per heavy atom. The molecule has 0 aliphatic rings. The first kappa shape index (κ1) is 19.9. The van der Waals surface area contributed by atoms with Gasteiger partial charge in [-0.05, 0) is 18.2 Å². The number of primary amides is 1. The lowest BCUT2D eigenvalue weighted by molar-refractivity contribution is -0.155. The molecular weight excluding hydrogens is 380 g/mol. The third-order valence-electron chi connectivity index (χ3n) is 3.34. The van der Waals surface area contributed by atoms with Crippen LogP contribution in [0.15, 0.2) is 59.5 Å². The molecule has 0 fully saturated rings. The predicted molar refractivity (Wildman–Crippen MR) is 95.7 cm³/mol. The van der Waals surface area contributed by atoms with E-state index in [4.69, 9.17) is 22.1 Å². The van der Waals surface area contributed by atoms with Crippen LogP contribution in [0, 0.1) is 0 Å². The van der Waals surface area contributed by atoms with E-state index in [1.54, 1.807) is 36.4 Å². The number of halogens is 1. The van der Waals surface area contributed by atoms with E-state index in [1.807, 2.05) is 0 Å². The Bertz CT molecular complexity index is 887. The highest BCUT2D eigenvalue weighted by molar-refractivity contribution is 7.89. The standard InChI is InChI=1S/C17H17ClN2O5S/c18-13-7-4-8-14(11-13)26(23,24)20-10-9-15(21)25-16(17(19)22)12-5-2-1-3-6-12/h1-8,11,16,20H,9-10H2,(H2,19,22). The van der Waals surface area contributed by atoms with Crippen molar-refractivity contribution in [1.82, 2.24) is 4.72 Å². The van der Waals surface area contributed by atoms with Crippen LogP contribution in [-0.2, 0) is 24.3 Å². The van der Waals surface area contributed by atoms with Gasteiger partial charge in [-0.3, -0.25) is 9.59 Å². The summed E-state index contributed by atoms with van der Waals surface area (Å²) in [5.74, 6) is -1.57. The third kappa shape index (κ3) is 5.55. The summed E-state index contributed by atoms with van der Waals surface area (Å²) in [6.45, 7) is -0.200. The van der Waals surface area contributed by atoms with Crippen LogP contribution in [0.5, 0.6) is 0 Å². The topological polar surface area (TPSA) is 116 Å². The van der Waals surface area contributed by atoms with Crippen LogP contribution in [0.2, 0.25) is 5.02 Å². The summed E-state index contributed by atoms with van der Waals surface area (Å²) in [4.78, 5) is 23.4. The first-order chi connectivity index (χ1) is 12.3. The van der Waals surface area contributed by atoms with Crippen LogP contribution in [-0.4, -0.2) is 26.8 Å². The van der Waals surface area contributed by atoms with Gasteiger partial charge in [0.15, 0.2) is 0 Å². The largest absolute Gasteiger partial charge is 0.447 e. The fourth-order valence-corrected chi connectivity index (χ4v) is 3.45. The van der Waals surface area contributed by atoms with Crippen LogP contribution >= 0.6 is 11.6 Å². The van der Waals surface area contributed by atoms with Gasteiger partial charge in [-0.1, -0.05) is 48.0 Å². The number of benzene rings is 2. The van der Waals surface area contributed by atoms with E-state index in [0.29, 0.717) is 5.56 Å². The van der Waals surface area contributed by atoms with Gasteiger partial charge in [-0.25, -0.2) is 13.1 Å². The summed E-state index contributed by atoms with van der Waals surface area (Å²) in [5, 5.41) is 0.277. The highest BCUT2D eigenvalue weighted by atomic mass is 35.5. The smallest absolute Gasteiger partial charge is 0.308 e. The van der Waals surface area contributed by atoms with Gasteiger partial charge in [-0.2, -0.15) is 0 Å². The SMILES string of the molecule is NC(=O)C(OC(=O)CCNS(=O)(=O)c1cccc(Cl)c1)c1ccccc1. The molecule has 3 N–H and O–H groups in total. The Hall–Kier alpha value is -2.42. The Kier molecular flexibility index (Phi) is 6.73. The number of esters is 1. The fourth-order valence-electron chi connectivity index (χ4n) is 2.11. The molecule has 1 atom stereocenters. The van der Waals surface area contributed by atoms with Crippen molar-refractivity contribution >= 4 is 33.5 Å². The van der Waals surface area contributed by atoms with Crippen molar-refractivity contribution in [3.05, 3.63) is 65.2 Å². The maximum Gasteiger partial charge on any atom is 0.308 e. The quantitative estimate of drug-likeness (QED) is 0.660. The lowest BCUT2D eigenvalue weighted by Crippen LogP contribution is -2.29. The number of carbonyl (C=O) groups is 2. The van der Waals surface area contributed by atoms with Gasteiger partial charge in [0.25, 0.3) is 5.91 Å².